The molecule has 0 aliphatic carbocycles. The number of hydrogen-bond donors (Lipinski definition) is 1. The van der Waals surface area contributed by atoms with Crippen molar-refractivity contribution in [2.24, 2.45) is 5.10 Å². The summed E-state index contributed by atoms with van der Waals surface area (Å²) in [5.74, 6) is 0.140. The maximum atomic E-state index is 12.4. The van der Waals surface area contributed by atoms with Crippen molar-refractivity contribution in [3.8, 4) is 17.2 Å². The van der Waals surface area contributed by atoms with E-state index >= 15 is 0 Å². The van der Waals surface area contributed by atoms with E-state index in [4.69, 9.17) is 14.2 Å². The Morgan fingerprint density at radius 2 is 1.68 bits per heavy atom. The topological polar surface area (TPSA) is 86.2 Å². The Balaban J connectivity index is 1.58. The first-order valence-corrected chi connectivity index (χ1v) is 12.7. The number of carbonyl (C=O) groups excluding carboxylic acids is 2. The van der Waals surface area contributed by atoms with Gasteiger partial charge in [-0.15, -0.1) is 0 Å². The van der Waals surface area contributed by atoms with E-state index < -0.39 is 11.9 Å². The van der Waals surface area contributed by atoms with Crippen LogP contribution >= 0.6 is 63.7 Å². The van der Waals surface area contributed by atoms with Crippen LogP contribution in [0.3, 0.4) is 0 Å². The van der Waals surface area contributed by atoms with Crippen molar-refractivity contribution in [3.05, 3.63) is 83.6 Å². The maximum Gasteiger partial charge on any atom is 0.343 e. The van der Waals surface area contributed by atoms with Gasteiger partial charge in [-0.1, -0.05) is 37.9 Å². The summed E-state index contributed by atoms with van der Waals surface area (Å²) in [4.78, 5) is 24.5. The molecule has 1 amide bonds. The standard InChI is InChI=1S/C23H16Br4N2O5/c1-32-20-7-13(5-6-19(20)34-23(31)14-3-2-4-15(24)8-14)11-28-29-21(30)12-33-22-17(26)9-16(25)10-18(22)27/h2-11H,12H2,1H3,(H,29,30). The van der Waals surface area contributed by atoms with Gasteiger partial charge in [-0.05, 0) is 86.0 Å². The molecule has 34 heavy (non-hydrogen) atoms. The van der Waals surface area contributed by atoms with Gasteiger partial charge in [-0.25, -0.2) is 10.2 Å². The molecular formula is C23H16Br4N2O5. The van der Waals surface area contributed by atoms with Crippen molar-refractivity contribution in [2.75, 3.05) is 13.7 Å². The quantitative estimate of drug-likeness (QED) is 0.125. The van der Waals surface area contributed by atoms with Crippen LogP contribution in [-0.2, 0) is 4.79 Å². The van der Waals surface area contributed by atoms with E-state index in [1.165, 1.54) is 13.3 Å². The highest BCUT2D eigenvalue weighted by Crippen LogP contribution is 2.36. The fourth-order valence-corrected chi connectivity index (χ4v) is 5.53. The fourth-order valence-electron chi connectivity index (χ4n) is 2.64. The summed E-state index contributed by atoms with van der Waals surface area (Å²) in [6.07, 6.45) is 1.44. The number of halogens is 4. The van der Waals surface area contributed by atoms with Gasteiger partial charge in [0.1, 0.15) is 5.75 Å². The van der Waals surface area contributed by atoms with E-state index in [0.29, 0.717) is 31.6 Å². The van der Waals surface area contributed by atoms with Crippen molar-refractivity contribution in [1.29, 1.82) is 0 Å². The Kier molecular flexibility index (Phi) is 9.69. The number of carbonyl (C=O) groups is 2. The molecule has 0 bridgehead atoms. The molecule has 3 aromatic rings. The van der Waals surface area contributed by atoms with E-state index in [1.807, 2.05) is 18.2 Å². The Hall–Kier alpha value is -2.21. The lowest BCUT2D eigenvalue weighted by atomic mass is 10.2. The molecule has 0 aromatic heterocycles. The second-order valence-electron chi connectivity index (χ2n) is 6.59. The fraction of sp³-hybridized carbons (Fsp3) is 0.0870. The maximum absolute atomic E-state index is 12.4. The molecule has 176 valence electrons. The first-order chi connectivity index (χ1) is 16.3. The zero-order valence-corrected chi connectivity index (χ0v) is 23.8. The number of rotatable bonds is 8. The van der Waals surface area contributed by atoms with Crippen LogP contribution in [0.2, 0.25) is 0 Å². The van der Waals surface area contributed by atoms with Crippen molar-refractivity contribution >= 4 is 81.8 Å². The monoisotopic (exact) mass is 716 g/mol. The average molecular weight is 720 g/mol. The predicted molar refractivity (Wildman–Crippen MR) is 143 cm³/mol. The number of methoxy groups -OCH3 is 1. The zero-order chi connectivity index (χ0) is 24.7. The molecule has 0 heterocycles. The molecule has 0 fully saturated rings. The summed E-state index contributed by atoms with van der Waals surface area (Å²) in [7, 11) is 1.46. The van der Waals surface area contributed by atoms with Crippen molar-refractivity contribution in [3.63, 3.8) is 0 Å². The van der Waals surface area contributed by atoms with Crippen molar-refractivity contribution in [1.82, 2.24) is 5.43 Å². The molecule has 3 aromatic carbocycles. The minimum atomic E-state index is -0.516. The lowest BCUT2D eigenvalue weighted by Crippen LogP contribution is -2.24. The molecule has 1 N–H and O–H groups in total. The lowest BCUT2D eigenvalue weighted by molar-refractivity contribution is -0.123. The van der Waals surface area contributed by atoms with Crippen LogP contribution < -0.4 is 19.6 Å². The van der Waals surface area contributed by atoms with E-state index in [0.717, 1.165) is 8.95 Å². The largest absolute Gasteiger partial charge is 0.493 e. The third kappa shape index (κ3) is 7.39. The van der Waals surface area contributed by atoms with Gasteiger partial charge >= 0.3 is 5.97 Å². The summed E-state index contributed by atoms with van der Waals surface area (Å²) in [6, 6.07) is 15.4. The van der Waals surface area contributed by atoms with E-state index in [9.17, 15) is 9.59 Å². The first kappa shape index (κ1) is 26.4. The van der Waals surface area contributed by atoms with Gasteiger partial charge in [-0.3, -0.25) is 4.79 Å². The SMILES string of the molecule is COc1cc(C=NNC(=O)COc2c(Br)cc(Br)cc2Br)ccc1OC(=O)c1cccc(Br)c1. The predicted octanol–water partition coefficient (Wildman–Crippen LogP) is 6.49. The summed E-state index contributed by atoms with van der Waals surface area (Å²) in [5, 5.41) is 3.93. The lowest BCUT2D eigenvalue weighted by Gasteiger charge is -2.10. The Morgan fingerprint density at radius 1 is 0.941 bits per heavy atom. The highest BCUT2D eigenvalue weighted by Gasteiger charge is 2.13. The van der Waals surface area contributed by atoms with Crippen LogP contribution in [0.5, 0.6) is 17.2 Å². The van der Waals surface area contributed by atoms with E-state index in [2.05, 4.69) is 74.2 Å². The second-order valence-corrected chi connectivity index (χ2v) is 10.1. The van der Waals surface area contributed by atoms with Gasteiger partial charge in [0.25, 0.3) is 5.91 Å². The molecule has 0 unspecified atom stereocenters. The van der Waals surface area contributed by atoms with Gasteiger partial charge in [0.2, 0.25) is 0 Å². The van der Waals surface area contributed by atoms with Gasteiger partial charge < -0.3 is 14.2 Å². The van der Waals surface area contributed by atoms with Crippen molar-refractivity contribution in [2.45, 2.75) is 0 Å². The summed E-state index contributed by atoms with van der Waals surface area (Å²) >= 11 is 13.5. The Bertz CT molecular complexity index is 1230. The molecule has 3 rings (SSSR count). The normalized spacial score (nSPS) is 10.7. The number of nitrogens with zero attached hydrogens (tertiary/aromatic N) is 1. The number of amides is 1. The molecule has 7 nitrogen and oxygen atoms in total. The van der Waals surface area contributed by atoms with Crippen molar-refractivity contribution < 1.29 is 23.8 Å². The zero-order valence-electron chi connectivity index (χ0n) is 17.5. The van der Waals surface area contributed by atoms with Crippen LogP contribution in [0.4, 0.5) is 0 Å². The molecule has 0 aliphatic heterocycles. The number of esters is 1. The van der Waals surface area contributed by atoms with Crippen LogP contribution in [0.25, 0.3) is 0 Å². The summed E-state index contributed by atoms with van der Waals surface area (Å²) in [6.45, 7) is -0.232. The molecule has 0 aliphatic rings. The van der Waals surface area contributed by atoms with Gasteiger partial charge in [0.15, 0.2) is 18.1 Å². The molecule has 0 spiro atoms. The minimum absolute atomic E-state index is 0.232. The number of nitrogens with one attached hydrogen (secondary N) is 1. The summed E-state index contributed by atoms with van der Waals surface area (Å²) < 4.78 is 19.3. The number of benzene rings is 3. The Labute approximate surface area is 229 Å². The molecule has 0 saturated carbocycles. The number of hydrogen-bond acceptors (Lipinski definition) is 6. The smallest absolute Gasteiger partial charge is 0.343 e. The average Bonchev–Trinajstić information content (AvgIpc) is 2.79. The number of hydrazone groups is 1. The van der Waals surface area contributed by atoms with Gasteiger partial charge in [0.05, 0.1) is 27.8 Å². The van der Waals surface area contributed by atoms with Crippen LogP contribution in [-0.4, -0.2) is 31.8 Å². The first-order valence-electron chi connectivity index (χ1n) is 9.52. The third-order valence-electron chi connectivity index (χ3n) is 4.16. The molecule has 0 saturated heterocycles. The molecule has 0 atom stereocenters. The summed E-state index contributed by atoms with van der Waals surface area (Å²) in [5.41, 5.74) is 3.42. The molecular weight excluding hydrogens is 704 g/mol. The Morgan fingerprint density at radius 3 is 2.35 bits per heavy atom. The molecule has 11 heteroatoms. The second kappa shape index (κ2) is 12.5. The molecule has 0 radical (unpaired) electrons. The van der Waals surface area contributed by atoms with E-state index in [-0.39, 0.29) is 12.4 Å². The highest BCUT2D eigenvalue weighted by atomic mass is 79.9. The highest BCUT2D eigenvalue weighted by molar-refractivity contribution is 9.11. The van der Waals surface area contributed by atoms with E-state index in [1.54, 1.807) is 36.4 Å². The van der Waals surface area contributed by atoms with Crippen LogP contribution in [0.1, 0.15) is 15.9 Å². The number of ether oxygens (including phenoxy) is 3. The minimum Gasteiger partial charge on any atom is -0.493 e. The third-order valence-corrected chi connectivity index (χ3v) is 6.29. The van der Waals surface area contributed by atoms with Crippen LogP contribution in [0, 0.1) is 0 Å². The van der Waals surface area contributed by atoms with Gasteiger partial charge in [-0.2, -0.15) is 5.10 Å². The van der Waals surface area contributed by atoms with Crippen LogP contribution in [0.15, 0.2) is 77.6 Å². The van der Waals surface area contributed by atoms with Gasteiger partial charge in [0, 0.05) is 8.95 Å².